The van der Waals surface area contributed by atoms with Crippen LogP contribution in [0.5, 0.6) is 5.75 Å². The number of carboxylic acid groups (broad SMARTS) is 1. The maximum absolute atomic E-state index is 10.6. The molecule has 6 nitrogen and oxygen atoms in total. The van der Waals surface area contributed by atoms with Gasteiger partial charge in [0.2, 0.25) is 0 Å². The molecule has 1 heterocycles. The highest BCUT2D eigenvalue weighted by Gasteiger charge is 2.08. The average Bonchev–Trinajstić information content (AvgIpc) is 2.91. The quantitative estimate of drug-likeness (QED) is 0.830. The second-order valence-electron chi connectivity index (χ2n) is 4.10. The van der Waals surface area contributed by atoms with E-state index in [9.17, 15) is 4.79 Å². The molecule has 0 radical (unpaired) electrons. The summed E-state index contributed by atoms with van der Waals surface area (Å²) >= 11 is 6.07. The van der Waals surface area contributed by atoms with Crippen LogP contribution in [0.25, 0.3) is 6.08 Å². The predicted molar refractivity (Wildman–Crippen MR) is 78.1 cm³/mol. The molecule has 0 saturated carbocycles. The summed E-state index contributed by atoms with van der Waals surface area (Å²) in [5.74, 6) is 0.128. The van der Waals surface area contributed by atoms with E-state index in [4.69, 9.17) is 21.4 Å². The fraction of sp³-hybridized carbons (Fsp3) is 0.214. The van der Waals surface area contributed by atoms with Crippen molar-refractivity contribution in [2.45, 2.75) is 20.1 Å². The van der Waals surface area contributed by atoms with E-state index in [1.165, 1.54) is 12.4 Å². The maximum Gasteiger partial charge on any atom is 0.328 e. The van der Waals surface area contributed by atoms with E-state index >= 15 is 0 Å². The maximum atomic E-state index is 10.6. The second kappa shape index (κ2) is 6.90. The van der Waals surface area contributed by atoms with Crippen molar-refractivity contribution in [2.24, 2.45) is 0 Å². The predicted octanol–water partition coefficient (Wildman–Crippen LogP) is 2.63. The molecule has 2 aromatic rings. The SMILES string of the molecule is CCn1ncnc1COc1cccc(Cl)c1/C=C/C(=O)O. The Kier molecular flexibility index (Phi) is 4.94. The summed E-state index contributed by atoms with van der Waals surface area (Å²) in [5, 5.41) is 13.2. The highest BCUT2D eigenvalue weighted by Crippen LogP contribution is 2.28. The molecule has 0 amide bonds. The molecule has 0 spiro atoms. The number of ether oxygens (including phenoxy) is 1. The van der Waals surface area contributed by atoms with Crippen LogP contribution >= 0.6 is 11.6 Å². The van der Waals surface area contributed by atoms with Crippen molar-refractivity contribution < 1.29 is 14.6 Å². The summed E-state index contributed by atoms with van der Waals surface area (Å²) in [7, 11) is 0. The van der Waals surface area contributed by atoms with E-state index in [2.05, 4.69) is 10.1 Å². The van der Waals surface area contributed by atoms with E-state index in [0.717, 1.165) is 6.08 Å². The fourth-order valence-corrected chi connectivity index (χ4v) is 1.99. The van der Waals surface area contributed by atoms with E-state index in [0.29, 0.717) is 28.7 Å². The molecule has 21 heavy (non-hydrogen) atoms. The molecule has 0 aliphatic carbocycles. The van der Waals surface area contributed by atoms with Gasteiger partial charge in [0.25, 0.3) is 0 Å². The lowest BCUT2D eigenvalue weighted by Gasteiger charge is -2.10. The molecule has 2 rings (SSSR count). The normalized spacial score (nSPS) is 11.0. The average molecular weight is 308 g/mol. The third-order valence-electron chi connectivity index (χ3n) is 2.76. The number of hydrogen-bond acceptors (Lipinski definition) is 4. The molecule has 0 saturated heterocycles. The number of nitrogens with zero attached hydrogens (tertiary/aromatic N) is 3. The van der Waals surface area contributed by atoms with Gasteiger partial charge in [-0.1, -0.05) is 17.7 Å². The Bertz CT molecular complexity index is 667. The van der Waals surface area contributed by atoms with Gasteiger partial charge >= 0.3 is 5.97 Å². The number of carboxylic acids is 1. The van der Waals surface area contributed by atoms with Gasteiger partial charge in [-0.25, -0.2) is 14.5 Å². The Morgan fingerprint density at radius 1 is 1.52 bits per heavy atom. The number of hydrogen-bond donors (Lipinski definition) is 1. The van der Waals surface area contributed by atoms with Gasteiger partial charge in [-0.15, -0.1) is 0 Å². The van der Waals surface area contributed by atoms with Gasteiger partial charge in [0.1, 0.15) is 18.7 Å². The van der Waals surface area contributed by atoms with Crippen molar-refractivity contribution in [1.82, 2.24) is 14.8 Å². The first kappa shape index (κ1) is 15.1. The van der Waals surface area contributed by atoms with Gasteiger partial charge in [-0.2, -0.15) is 5.10 Å². The van der Waals surface area contributed by atoms with Crippen LogP contribution in [0.1, 0.15) is 18.3 Å². The van der Waals surface area contributed by atoms with Crippen LogP contribution in [-0.4, -0.2) is 25.8 Å². The van der Waals surface area contributed by atoms with Crippen molar-refractivity contribution in [3.05, 3.63) is 47.0 Å². The minimum absolute atomic E-state index is 0.224. The standard InChI is InChI=1S/C14H14ClN3O3/c1-2-18-13(16-9-17-18)8-21-12-5-3-4-11(15)10(12)6-7-14(19)20/h3-7,9H,2,8H2,1H3,(H,19,20)/b7-6+. The minimum atomic E-state index is -1.05. The van der Waals surface area contributed by atoms with Crippen molar-refractivity contribution in [2.75, 3.05) is 0 Å². The minimum Gasteiger partial charge on any atom is -0.485 e. The Hall–Kier alpha value is -2.34. The molecule has 0 bridgehead atoms. The fourth-order valence-electron chi connectivity index (χ4n) is 1.77. The summed E-state index contributed by atoms with van der Waals surface area (Å²) in [4.78, 5) is 14.7. The molecule has 0 aliphatic rings. The molecule has 1 N–H and O–H groups in total. The summed E-state index contributed by atoms with van der Waals surface area (Å²) in [6.45, 7) is 2.88. The Morgan fingerprint density at radius 2 is 2.33 bits per heavy atom. The third kappa shape index (κ3) is 3.82. The van der Waals surface area contributed by atoms with Crippen LogP contribution in [0, 0.1) is 0 Å². The summed E-state index contributed by atoms with van der Waals surface area (Å²) in [5.41, 5.74) is 0.518. The number of aromatic nitrogens is 3. The number of aliphatic carboxylic acids is 1. The van der Waals surface area contributed by atoms with Gasteiger partial charge in [0.05, 0.1) is 5.02 Å². The number of aryl methyl sites for hydroxylation is 1. The number of benzene rings is 1. The van der Waals surface area contributed by atoms with Crippen molar-refractivity contribution in [3.8, 4) is 5.75 Å². The first-order valence-corrected chi connectivity index (χ1v) is 6.68. The molecule has 7 heteroatoms. The van der Waals surface area contributed by atoms with Gasteiger partial charge in [0.15, 0.2) is 5.82 Å². The lowest BCUT2D eigenvalue weighted by molar-refractivity contribution is -0.131. The van der Waals surface area contributed by atoms with Crippen LogP contribution in [0.4, 0.5) is 0 Å². The lowest BCUT2D eigenvalue weighted by Crippen LogP contribution is -2.07. The topological polar surface area (TPSA) is 77.2 Å². The van der Waals surface area contributed by atoms with Gasteiger partial charge in [-0.3, -0.25) is 0 Å². The Labute approximate surface area is 126 Å². The third-order valence-corrected chi connectivity index (χ3v) is 3.09. The number of carbonyl (C=O) groups is 1. The monoisotopic (exact) mass is 307 g/mol. The lowest BCUT2D eigenvalue weighted by atomic mass is 10.2. The summed E-state index contributed by atoms with van der Waals surface area (Å²) in [6, 6.07) is 5.13. The second-order valence-corrected chi connectivity index (χ2v) is 4.51. The van der Waals surface area contributed by atoms with Crippen LogP contribution in [-0.2, 0) is 17.9 Å². The van der Waals surface area contributed by atoms with Gasteiger partial charge < -0.3 is 9.84 Å². The van der Waals surface area contributed by atoms with Crippen LogP contribution in [0.15, 0.2) is 30.6 Å². The molecule has 1 aromatic carbocycles. The van der Waals surface area contributed by atoms with E-state index in [-0.39, 0.29) is 6.61 Å². The van der Waals surface area contributed by atoms with E-state index in [1.54, 1.807) is 22.9 Å². The first-order valence-electron chi connectivity index (χ1n) is 6.30. The number of rotatable bonds is 6. The molecule has 0 unspecified atom stereocenters. The molecule has 110 valence electrons. The van der Waals surface area contributed by atoms with Crippen LogP contribution in [0.2, 0.25) is 5.02 Å². The Morgan fingerprint density at radius 3 is 3.05 bits per heavy atom. The first-order chi connectivity index (χ1) is 10.1. The molecular formula is C14H14ClN3O3. The largest absolute Gasteiger partial charge is 0.485 e. The number of halogens is 1. The van der Waals surface area contributed by atoms with Gasteiger partial charge in [-0.05, 0) is 25.1 Å². The van der Waals surface area contributed by atoms with Crippen molar-refractivity contribution in [3.63, 3.8) is 0 Å². The highest BCUT2D eigenvalue weighted by molar-refractivity contribution is 6.32. The molecule has 0 aliphatic heterocycles. The zero-order valence-corrected chi connectivity index (χ0v) is 12.1. The van der Waals surface area contributed by atoms with Crippen molar-refractivity contribution >= 4 is 23.6 Å². The smallest absolute Gasteiger partial charge is 0.328 e. The van der Waals surface area contributed by atoms with Crippen molar-refractivity contribution in [1.29, 1.82) is 0 Å². The molecule has 0 atom stereocenters. The van der Waals surface area contributed by atoms with Crippen LogP contribution in [0.3, 0.4) is 0 Å². The molecular weight excluding hydrogens is 294 g/mol. The van der Waals surface area contributed by atoms with Gasteiger partial charge in [0, 0.05) is 18.2 Å². The Balaban J connectivity index is 2.20. The molecule has 1 aromatic heterocycles. The van der Waals surface area contributed by atoms with Crippen LogP contribution < -0.4 is 4.74 Å². The summed E-state index contributed by atoms with van der Waals surface area (Å²) in [6.07, 6.45) is 3.89. The zero-order chi connectivity index (χ0) is 15.2. The highest BCUT2D eigenvalue weighted by atomic mass is 35.5. The van der Waals surface area contributed by atoms with E-state index < -0.39 is 5.97 Å². The molecule has 0 fully saturated rings. The summed E-state index contributed by atoms with van der Waals surface area (Å²) < 4.78 is 7.40. The zero-order valence-electron chi connectivity index (χ0n) is 11.4. The van der Waals surface area contributed by atoms with E-state index in [1.807, 2.05) is 6.92 Å².